The van der Waals surface area contributed by atoms with Gasteiger partial charge >= 0.3 is 0 Å². The number of hydrogen-bond donors (Lipinski definition) is 0. The number of aromatic nitrogens is 2. The van der Waals surface area contributed by atoms with Crippen molar-refractivity contribution in [2.75, 3.05) is 27.2 Å². The smallest absolute Gasteiger partial charge is 0.289 e. The SMILES string of the molecule is C[C@@H]1CN(C(=O)c2ccc(Cn3cc(Cl)cn3)o2)C[C@@H]1N(C)C. The molecule has 0 aliphatic carbocycles. The van der Waals surface area contributed by atoms with Gasteiger partial charge in [-0.1, -0.05) is 18.5 Å². The second-order valence-electron chi connectivity index (χ2n) is 6.34. The first-order chi connectivity index (χ1) is 10.9. The Morgan fingerprint density at radius 1 is 1.43 bits per heavy atom. The summed E-state index contributed by atoms with van der Waals surface area (Å²) < 4.78 is 7.37. The van der Waals surface area contributed by atoms with Crippen molar-refractivity contribution in [2.24, 2.45) is 5.92 Å². The second-order valence-corrected chi connectivity index (χ2v) is 6.78. The normalized spacial score (nSPS) is 21.3. The molecule has 23 heavy (non-hydrogen) atoms. The average Bonchev–Trinajstić information content (AvgIpc) is 3.19. The van der Waals surface area contributed by atoms with Crippen molar-refractivity contribution in [3.63, 3.8) is 0 Å². The van der Waals surface area contributed by atoms with Gasteiger partial charge in [-0.25, -0.2) is 0 Å². The number of carbonyl (C=O) groups is 1. The molecule has 2 aromatic rings. The molecule has 1 fully saturated rings. The third kappa shape index (κ3) is 3.43. The summed E-state index contributed by atoms with van der Waals surface area (Å²) in [5, 5.41) is 4.68. The van der Waals surface area contributed by atoms with E-state index in [4.69, 9.17) is 16.0 Å². The van der Waals surface area contributed by atoms with Crippen molar-refractivity contribution in [1.29, 1.82) is 0 Å². The molecule has 0 N–H and O–H groups in total. The third-order valence-electron chi connectivity index (χ3n) is 4.32. The Balaban J connectivity index is 1.67. The Hall–Kier alpha value is -1.79. The van der Waals surface area contributed by atoms with Crippen molar-refractivity contribution in [2.45, 2.75) is 19.5 Å². The van der Waals surface area contributed by atoms with E-state index in [9.17, 15) is 4.79 Å². The molecule has 1 saturated heterocycles. The zero-order valence-corrected chi connectivity index (χ0v) is 14.3. The number of furan rings is 1. The molecule has 1 amide bonds. The van der Waals surface area contributed by atoms with Gasteiger partial charge in [0.1, 0.15) is 5.76 Å². The minimum atomic E-state index is -0.0500. The van der Waals surface area contributed by atoms with E-state index in [0.29, 0.717) is 35.0 Å². The topological polar surface area (TPSA) is 54.5 Å². The number of likely N-dealkylation sites (tertiary alicyclic amines) is 1. The third-order valence-corrected chi connectivity index (χ3v) is 4.51. The number of amides is 1. The first-order valence-corrected chi connectivity index (χ1v) is 8.04. The first-order valence-electron chi connectivity index (χ1n) is 7.66. The molecule has 0 radical (unpaired) electrons. The van der Waals surface area contributed by atoms with Crippen LogP contribution >= 0.6 is 11.6 Å². The van der Waals surface area contributed by atoms with Gasteiger partial charge in [-0.2, -0.15) is 5.10 Å². The van der Waals surface area contributed by atoms with Gasteiger partial charge in [0, 0.05) is 25.3 Å². The lowest BCUT2D eigenvalue weighted by atomic mass is 10.1. The molecule has 0 spiro atoms. The Morgan fingerprint density at radius 3 is 2.83 bits per heavy atom. The molecule has 2 aromatic heterocycles. The van der Waals surface area contributed by atoms with E-state index < -0.39 is 0 Å². The minimum absolute atomic E-state index is 0.0500. The maximum atomic E-state index is 12.6. The molecule has 0 bridgehead atoms. The van der Waals surface area contributed by atoms with Crippen molar-refractivity contribution in [3.8, 4) is 0 Å². The van der Waals surface area contributed by atoms with Crippen LogP contribution in [0.15, 0.2) is 28.9 Å². The summed E-state index contributed by atoms with van der Waals surface area (Å²) in [5.41, 5.74) is 0. The molecule has 3 rings (SSSR count). The summed E-state index contributed by atoms with van der Waals surface area (Å²) in [6, 6.07) is 3.93. The lowest BCUT2D eigenvalue weighted by Gasteiger charge is -2.22. The predicted molar refractivity (Wildman–Crippen MR) is 87.6 cm³/mol. The zero-order chi connectivity index (χ0) is 16.6. The van der Waals surface area contributed by atoms with Crippen LogP contribution in [-0.2, 0) is 6.54 Å². The highest BCUT2D eigenvalue weighted by Crippen LogP contribution is 2.22. The van der Waals surface area contributed by atoms with E-state index in [1.54, 1.807) is 23.1 Å². The monoisotopic (exact) mass is 336 g/mol. The maximum absolute atomic E-state index is 12.6. The highest BCUT2D eigenvalue weighted by Gasteiger charge is 2.34. The Morgan fingerprint density at radius 2 is 2.22 bits per heavy atom. The van der Waals surface area contributed by atoms with Crippen LogP contribution in [0.4, 0.5) is 0 Å². The van der Waals surface area contributed by atoms with Gasteiger partial charge < -0.3 is 14.2 Å². The summed E-state index contributed by atoms with van der Waals surface area (Å²) in [6.45, 7) is 4.12. The van der Waals surface area contributed by atoms with Crippen molar-refractivity contribution >= 4 is 17.5 Å². The largest absolute Gasteiger partial charge is 0.454 e. The number of carbonyl (C=O) groups excluding carboxylic acids is 1. The molecule has 1 aliphatic heterocycles. The van der Waals surface area contributed by atoms with Gasteiger partial charge in [0.25, 0.3) is 5.91 Å². The number of likely N-dealkylation sites (N-methyl/N-ethyl adjacent to an activating group) is 1. The molecule has 0 saturated carbocycles. The zero-order valence-electron chi connectivity index (χ0n) is 13.6. The van der Waals surface area contributed by atoms with E-state index in [1.807, 2.05) is 11.0 Å². The van der Waals surface area contributed by atoms with Crippen molar-refractivity contribution in [3.05, 3.63) is 41.1 Å². The van der Waals surface area contributed by atoms with Gasteiger partial charge in [0.05, 0.1) is 17.8 Å². The summed E-state index contributed by atoms with van der Waals surface area (Å²) >= 11 is 5.84. The van der Waals surface area contributed by atoms with Crippen LogP contribution in [0.3, 0.4) is 0 Å². The van der Waals surface area contributed by atoms with Crippen LogP contribution in [0.5, 0.6) is 0 Å². The van der Waals surface area contributed by atoms with E-state index in [-0.39, 0.29) is 5.91 Å². The molecule has 7 heteroatoms. The van der Waals surface area contributed by atoms with Gasteiger partial charge in [-0.05, 0) is 32.1 Å². The minimum Gasteiger partial charge on any atom is -0.454 e. The summed E-state index contributed by atoms with van der Waals surface area (Å²) in [7, 11) is 4.10. The maximum Gasteiger partial charge on any atom is 0.289 e. The predicted octanol–water partition coefficient (Wildman–Crippen LogP) is 2.20. The van der Waals surface area contributed by atoms with Crippen LogP contribution in [0.1, 0.15) is 23.2 Å². The van der Waals surface area contributed by atoms with Crippen LogP contribution in [0.2, 0.25) is 5.02 Å². The van der Waals surface area contributed by atoms with E-state index >= 15 is 0 Å². The highest BCUT2D eigenvalue weighted by molar-refractivity contribution is 6.30. The fourth-order valence-corrected chi connectivity index (χ4v) is 3.26. The van der Waals surface area contributed by atoms with Crippen LogP contribution in [0, 0.1) is 5.92 Å². The molecule has 6 nitrogen and oxygen atoms in total. The molecule has 124 valence electrons. The standard InChI is InChI=1S/C16H21ClN4O2/c1-11-7-20(10-14(11)19(2)3)16(22)15-5-4-13(23-15)9-21-8-12(17)6-18-21/h4-6,8,11,14H,7,9-10H2,1-3H3/t11-,14+/m1/s1. The van der Waals surface area contributed by atoms with Gasteiger partial charge in [-0.3, -0.25) is 9.48 Å². The summed E-state index contributed by atoms with van der Waals surface area (Å²) in [6.07, 6.45) is 3.29. The van der Waals surface area contributed by atoms with Crippen LogP contribution in [0.25, 0.3) is 0 Å². The lowest BCUT2D eigenvalue weighted by molar-refractivity contribution is 0.0747. The van der Waals surface area contributed by atoms with E-state index in [2.05, 4.69) is 31.0 Å². The average molecular weight is 337 g/mol. The van der Waals surface area contributed by atoms with Crippen molar-refractivity contribution < 1.29 is 9.21 Å². The molecule has 2 atom stereocenters. The number of hydrogen-bond acceptors (Lipinski definition) is 4. The van der Waals surface area contributed by atoms with E-state index in [0.717, 1.165) is 13.1 Å². The lowest BCUT2D eigenvalue weighted by Crippen LogP contribution is -2.35. The van der Waals surface area contributed by atoms with E-state index in [1.165, 1.54) is 0 Å². The Kier molecular flexibility index (Phi) is 4.46. The first kappa shape index (κ1) is 16.1. The Labute approximate surface area is 140 Å². The summed E-state index contributed by atoms with van der Waals surface area (Å²) in [4.78, 5) is 16.6. The number of nitrogens with zero attached hydrogens (tertiary/aromatic N) is 4. The molecule has 1 aliphatic rings. The van der Waals surface area contributed by atoms with Crippen LogP contribution < -0.4 is 0 Å². The fourth-order valence-electron chi connectivity index (χ4n) is 3.11. The molecule has 0 aromatic carbocycles. The van der Waals surface area contributed by atoms with Crippen LogP contribution in [-0.4, -0.2) is 58.7 Å². The Bertz CT molecular complexity index is 694. The molecular formula is C16H21ClN4O2. The second kappa shape index (κ2) is 6.37. The number of halogens is 1. The van der Waals surface area contributed by atoms with Gasteiger partial charge in [0.15, 0.2) is 5.76 Å². The fraction of sp³-hybridized carbons (Fsp3) is 0.500. The molecular weight excluding hydrogens is 316 g/mol. The highest BCUT2D eigenvalue weighted by atomic mass is 35.5. The number of rotatable bonds is 4. The summed E-state index contributed by atoms with van der Waals surface area (Å²) in [5.74, 6) is 1.47. The molecule has 3 heterocycles. The van der Waals surface area contributed by atoms with Crippen molar-refractivity contribution in [1.82, 2.24) is 19.6 Å². The van der Waals surface area contributed by atoms with Gasteiger partial charge in [-0.15, -0.1) is 0 Å². The quantitative estimate of drug-likeness (QED) is 0.859. The molecule has 0 unspecified atom stereocenters. The van der Waals surface area contributed by atoms with Gasteiger partial charge in [0.2, 0.25) is 0 Å².